The fourth-order valence-electron chi connectivity index (χ4n) is 2.64. The van der Waals surface area contributed by atoms with Crippen molar-refractivity contribution in [2.75, 3.05) is 0 Å². The molecule has 3 heteroatoms. The van der Waals surface area contributed by atoms with Gasteiger partial charge in [-0.15, -0.1) is 0 Å². The van der Waals surface area contributed by atoms with Crippen LogP contribution in [0.1, 0.15) is 35.8 Å². The summed E-state index contributed by atoms with van der Waals surface area (Å²) in [7, 11) is 0. The van der Waals surface area contributed by atoms with Crippen molar-refractivity contribution >= 4 is 11.6 Å². The Balaban J connectivity index is 2.09. The van der Waals surface area contributed by atoms with E-state index in [9.17, 15) is 5.11 Å². The quantitative estimate of drug-likeness (QED) is 0.830. The Morgan fingerprint density at radius 1 is 1.33 bits per heavy atom. The van der Waals surface area contributed by atoms with Gasteiger partial charge < -0.3 is 9.67 Å². The number of aryl methyl sites for hydroxylation is 1. The van der Waals surface area contributed by atoms with Crippen LogP contribution >= 0.6 is 11.6 Å². The highest BCUT2D eigenvalue weighted by Gasteiger charge is 2.21. The summed E-state index contributed by atoms with van der Waals surface area (Å²) in [4.78, 5) is 0. The molecule has 0 saturated carbocycles. The van der Waals surface area contributed by atoms with Gasteiger partial charge in [-0.3, -0.25) is 0 Å². The Bertz CT molecular complexity index is 588. The maximum absolute atomic E-state index is 9.98. The van der Waals surface area contributed by atoms with Crippen molar-refractivity contribution in [3.63, 3.8) is 0 Å². The first-order valence-corrected chi connectivity index (χ1v) is 6.69. The Morgan fingerprint density at radius 3 is 2.94 bits per heavy atom. The first-order valence-electron chi connectivity index (χ1n) is 6.31. The van der Waals surface area contributed by atoms with Crippen molar-refractivity contribution < 1.29 is 5.11 Å². The van der Waals surface area contributed by atoms with Gasteiger partial charge in [0.05, 0.1) is 6.10 Å². The molecule has 1 heterocycles. The van der Waals surface area contributed by atoms with Crippen LogP contribution in [0.25, 0.3) is 5.69 Å². The number of aromatic nitrogens is 1. The van der Waals surface area contributed by atoms with E-state index >= 15 is 0 Å². The van der Waals surface area contributed by atoms with Gasteiger partial charge in [-0.2, -0.15) is 0 Å². The van der Waals surface area contributed by atoms with Crippen LogP contribution in [-0.4, -0.2) is 9.67 Å². The molecule has 2 nitrogen and oxygen atoms in total. The normalized spacial score (nSPS) is 18.7. The molecule has 2 aromatic rings. The van der Waals surface area contributed by atoms with Crippen LogP contribution in [0.4, 0.5) is 0 Å². The number of nitrogens with zero attached hydrogens (tertiary/aromatic N) is 1. The average Bonchev–Trinajstić information content (AvgIpc) is 2.78. The third-order valence-corrected chi connectivity index (χ3v) is 4.12. The molecule has 18 heavy (non-hydrogen) atoms. The lowest BCUT2D eigenvalue weighted by molar-refractivity contribution is 0.156. The second kappa shape index (κ2) is 4.45. The number of aliphatic hydroxyl groups is 1. The summed E-state index contributed by atoms with van der Waals surface area (Å²) in [6.45, 7) is 2.00. The highest BCUT2D eigenvalue weighted by atomic mass is 35.5. The number of halogens is 1. The number of rotatable bonds is 1. The lowest BCUT2D eigenvalue weighted by Crippen LogP contribution is -2.11. The van der Waals surface area contributed by atoms with Gasteiger partial charge in [-0.05, 0) is 49.9 Å². The highest BCUT2D eigenvalue weighted by Crippen LogP contribution is 2.32. The molecular weight excluding hydrogens is 246 g/mol. The average molecular weight is 262 g/mol. The Morgan fingerprint density at radius 2 is 2.17 bits per heavy atom. The molecule has 0 radical (unpaired) electrons. The molecule has 0 bridgehead atoms. The molecule has 94 valence electrons. The fraction of sp³-hybridized carbons (Fsp3) is 0.333. The molecule has 1 unspecified atom stereocenters. The van der Waals surface area contributed by atoms with Crippen molar-refractivity contribution in [3.8, 4) is 5.69 Å². The Kier molecular flexibility index (Phi) is 2.92. The van der Waals surface area contributed by atoms with E-state index in [2.05, 4.69) is 10.6 Å². The van der Waals surface area contributed by atoms with E-state index in [1.165, 1.54) is 5.69 Å². The standard InChI is InChI=1S/C15H16ClNO/c1-10-5-6-11(9-13(10)16)17-8-7-12-14(17)3-2-4-15(12)18/h5-9,15,18H,2-4H2,1H3. The number of aliphatic hydroxyl groups excluding tert-OH is 1. The SMILES string of the molecule is Cc1ccc(-n2ccc3c2CCCC3O)cc1Cl. The van der Waals surface area contributed by atoms with Crippen molar-refractivity contribution in [1.82, 2.24) is 4.57 Å². The van der Waals surface area contributed by atoms with Gasteiger partial charge in [0, 0.05) is 28.2 Å². The summed E-state index contributed by atoms with van der Waals surface area (Å²) in [6.07, 6.45) is 4.64. The third-order valence-electron chi connectivity index (χ3n) is 3.71. The highest BCUT2D eigenvalue weighted by molar-refractivity contribution is 6.31. The van der Waals surface area contributed by atoms with Crippen molar-refractivity contribution in [2.24, 2.45) is 0 Å². The van der Waals surface area contributed by atoms with Gasteiger partial charge in [0.25, 0.3) is 0 Å². The molecule has 1 atom stereocenters. The smallest absolute Gasteiger partial charge is 0.0807 e. The van der Waals surface area contributed by atoms with Gasteiger partial charge in [0.1, 0.15) is 0 Å². The molecule has 0 amide bonds. The zero-order valence-electron chi connectivity index (χ0n) is 10.4. The maximum atomic E-state index is 9.98. The van der Waals surface area contributed by atoms with Crippen LogP contribution in [-0.2, 0) is 6.42 Å². The van der Waals surface area contributed by atoms with E-state index in [4.69, 9.17) is 11.6 Å². The summed E-state index contributed by atoms with van der Waals surface area (Å²) in [5.74, 6) is 0. The van der Waals surface area contributed by atoms with Crippen LogP contribution in [0.2, 0.25) is 5.02 Å². The van der Waals surface area contributed by atoms with E-state index < -0.39 is 0 Å². The summed E-state index contributed by atoms with van der Waals surface area (Å²) >= 11 is 6.18. The number of fused-ring (bicyclic) bond motifs is 1. The summed E-state index contributed by atoms with van der Waals surface area (Å²) in [5.41, 5.74) is 4.44. The van der Waals surface area contributed by atoms with Crippen LogP contribution in [0.3, 0.4) is 0 Å². The lowest BCUT2D eigenvalue weighted by Gasteiger charge is -2.20. The maximum Gasteiger partial charge on any atom is 0.0807 e. The van der Waals surface area contributed by atoms with Gasteiger partial charge in [0.2, 0.25) is 0 Å². The van der Waals surface area contributed by atoms with E-state index in [1.807, 2.05) is 31.3 Å². The molecular formula is C15H16ClNO. The molecule has 3 rings (SSSR count). The topological polar surface area (TPSA) is 25.2 Å². The van der Waals surface area contributed by atoms with Gasteiger partial charge >= 0.3 is 0 Å². The number of benzene rings is 1. The fourth-order valence-corrected chi connectivity index (χ4v) is 2.81. The molecule has 0 aliphatic heterocycles. The number of hydrogen-bond acceptors (Lipinski definition) is 1. The van der Waals surface area contributed by atoms with Crippen LogP contribution in [0.5, 0.6) is 0 Å². The van der Waals surface area contributed by atoms with E-state index in [1.54, 1.807) is 0 Å². The molecule has 1 aromatic carbocycles. The van der Waals surface area contributed by atoms with Crippen molar-refractivity contribution in [3.05, 3.63) is 52.3 Å². The molecule has 0 fully saturated rings. The second-order valence-corrected chi connectivity index (χ2v) is 5.34. The molecule has 0 saturated heterocycles. The minimum atomic E-state index is -0.309. The zero-order valence-corrected chi connectivity index (χ0v) is 11.1. The summed E-state index contributed by atoms with van der Waals surface area (Å²) in [6, 6.07) is 8.11. The van der Waals surface area contributed by atoms with Crippen LogP contribution in [0.15, 0.2) is 30.5 Å². The molecule has 1 aliphatic rings. The largest absolute Gasteiger partial charge is 0.388 e. The molecule has 1 aliphatic carbocycles. The predicted octanol–water partition coefficient (Wildman–Crippen LogP) is 3.81. The monoisotopic (exact) mass is 261 g/mol. The Hall–Kier alpha value is -1.25. The van der Waals surface area contributed by atoms with Crippen LogP contribution < -0.4 is 0 Å². The minimum Gasteiger partial charge on any atom is -0.388 e. The first-order chi connectivity index (χ1) is 8.66. The van der Waals surface area contributed by atoms with Gasteiger partial charge in [0.15, 0.2) is 0 Å². The number of hydrogen-bond donors (Lipinski definition) is 1. The van der Waals surface area contributed by atoms with E-state index in [0.29, 0.717) is 0 Å². The van der Waals surface area contributed by atoms with Crippen molar-refractivity contribution in [1.29, 1.82) is 0 Å². The molecule has 1 N–H and O–H groups in total. The third kappa shape index (κ3) is 1.86. The minimum absolute atomic E-state index is 0.309. The Labute approximate surface area is 112 Å². The predicted molar refractivity (Wildman–Crippen MR) is 73.4 cm³/mol. The second-order valence-electron chi connectivity index (χ2n) is 4.93. The molecule has 0 spiro atoms. The molecule has 1 aromatic heterocycles. The van der Waals surface area contributed by atoms with E-state index in [-0.39, 0.29) is 6.10 Å². The van der Waals surface area contributed by atoms with Crippen molar-refractivity contribution in [2.45, 2.75) is 32.3 Å². The summed E-state index contributed by atoms with van der Waals surface area (Å²) < 4.78 is 2.14. The lowest BCUT2D eigenvalue weighted by atomic mass is 9.95. The zero-order chi connectivity index (χ0) is 12.7. The van der Waals surface area contributed by atoms with E-state index in [0.717, 1.165) is 41.1 Å². The first kappa shape index (κ1) is 11.8. The summed E-state index contributed by atoms with van der Waals surface area (Å²) in [5, 5.41) is 10.8. The van der Waals surface area contributed by atoms with Gasteiger partial charge in [-0.1, -0.05) is 17.7 Å². The van der Waals surface area contributed by atoms with Gasteiger partial charge in [-0.25, -0.2) is 0 Å². The van der Waals surface area contributed by atoms with Crippen LogP contribution in [0, 0.1) is 6.92 Å².